The maximum atomic E-state index is 12.7. The molecule has 0 unspecified atom stereocenters. The van der Waals surface area contributed by atoms with E-state index in [9.17, 15) is 19.2 Å². The number of halogens is 1. The second-order valence-electron chi connectivity index (χ2n) is 8.02. The topological polar surface area (TPSA) is 93.9 Å². The van der Waals surface area contributed by atoms with Gasteiger partial charge in [0.2, 0.25) is 0 Å². The lowest BCUT2D eigenvalue weighted by Gasteiger charge is -2.13. The Balaban J connectivity index is 1.23. The van der Waals surface area contributed by atoms with Gasteiger partial charge in [0.25, 0.3) is 11.8 Å². The second kappa shape index (κ2) is 9.19. The largest absolute Gasteiger partial charge is 0.456 e. The van der Waals surface area contributed by atoms with Crippen molar-refractivity contribution in [3.05, 3.63) is 99.2 Å². The minimum Gasteiger partial charge on any atom is -0.456 e. The van der Waals surface area contributed by atoms with Crippen molar-refractivity contribution in [2.45, 2.75) is 12.8 Å². The quantitative estimate of drug-likeness (QED) is 0.213. The first-order valence-corrected chi connectivity index (χ1v) is 11.3. The molecule has 0 saturated carbocycles. The van der Waals surface area contributed by atoms with Gasteiger partial charge in [-0.15, -0.1) is 0 Å². The summed E-state index contributed by atoms with van der Waals surface area (Å²) >= 11 is 5.92. The maximum absolute atomic E-state index is 12.7. The fourth-order valence-corrected chi connectivity index (χ4v) is 4.09. The van der Waals surface area contributed by atoms with Gasteiger partial charge in [0, 0.05) is 29.6 Å². The van der Waals surface area contributed by atoms with Crippen LogP contribution in [0.3, 0.4) is 0 Å². The van der Waals surface area contributed by atoms with Gasteiger partial charge in [-0.25, -0.2) is 0 Å². The molecule has 0 bridgehead atoms. The van der Waals surface area contributed by atoms with Gasteiger partial charge < -0.3 is 9.15 Å². The van der Waals surface area contributed by atoms with Crippen LogP contribution in [-0.2, 0) is 4.79 Å². The molecule has 0 radical (unpaired) electrons. The first-order chi connectivity index (χ1) is 16.9. The summed E-state index contributed by atoms with van der Waals surface area (Å²) in [6, 6.07) is 19.5. The molecule has 8 heteroatoms. The van der Waals surface area contributed by atoms with Crippen molar-refractivity contribution in [2.24, 2.45) is 0 Å². The Labute approximate surface area is 204 Å². The summed E-state index contributed by atoms with van der Waals surface area (Å²) in [6.45, 7) is 0.107. The van der Waals surface area contributed by atoms with Gasteiger partial charge in [-0.3, -0.25) is 24.1 Å². The summed E-state index contributed by atoms with van der Waals surface area (Å²) in [5.41, 5.74) is 1.53. The molecule has 7 nitrogen and oxygen atoms in total. The summed E-state index contributed by atoms with van der Waals surface area (Å²) in [5, 5.41) is 0.853. The van der Waals surface area contributed by atoms with Crippen LogP contribution in [0.15, 0.2) is 82.0 Å². The van der Waals surface area contributed by atoms with E-state index in [1.807, 2.05) is 0 Å². The number of rotatable bonds is 6. The first kappa shape index (κ1) is 22.6. The molecule has 0 fully saturated rings. The lowest BCUT2D eigenvalue weighted by Crippen LogP contribution is -2.31. The van der Waals surface area contributed by atoms with E-state index in [0.717, 1.165) is 4.90 Å². The predicted octanol–water partition coefficient (Wildman–Crippen LogP) is 5.10. The van der Waals surface area contributed by atoms with Crippen LogP contribution < -0.4 is 10.2 Å². The summed E-state index contributed by atoms with van der Waals surface area (Å²) in [6.07, 6.45) is 0.250. The number of ether oxygens (including phenoxy) is 1. The Bertz CT molecular complexity index is 1500. The lowest BCUT2D eigenvalue weighted by atomic mass is 10.1. The molecular formula is C27H18ClNO6. The van der Waals surface area contributed by atoms with Gasteiger partial charge in [-0.2, -0.15) is 0 Å². The van der Waals surface area contributed by atoms with Gasteiger partial charge in [0.1, 0.15) is 17.1 Å². The van der Waals surface area contributed by atoms with Crippen molar-refractivity contribution < 1.29 is 23.5 Å². The Morgan fingerprint density at radius 2 is 1.57 bits per heavy atom. The van der Waals surface area contributed by atoms with Crippen LogP contribution in [0, 0.1) is 0 Å². The van der Waals surface area contributed by atoms with Crippen LogP contribution in [0.4, 0.5) is 0 Å². The Kier molecular flexibility index (Phi) is 5.93. The van der Waals surface area contributed by atoms with Gasteiger partial charge in [-0.05, 0) is 61.0 Å². The van der Waals surface area contributed by atoms with Crippen LogP contribution in [0.2, 0.25) is 5.02 Å². The standard InChI is InChI=1S/C27H18ClNO6/c28-17-9-7-16(8-10-17)24-15-22(30)21-14-18(11-12-23(21)35-24)34-25(31)6-3-13-29-26(32)19-4-1-2-5-20(19)27(29)33/h1-2,4-5,7-12,14-15H,3,6,13H2. The first-order valence-electron chi connectivity index (χ1n) is 10.9. The SMILES string of the molecule is O=C(CCCN1C(=O)c2ccccc2C1=O)Oc1ccc2oc(-c3ccc(Cl)cc3)cc(=O)c2c1. The molecule has 2 amide bonds. The zero-order valence-electron chi connectivity index (χ0n) is 18.3. The van der Waals surface area contributed by atoms with Crippen molar-refractivity contribution in [2.75, 3.05) is 6.54 Å². The van der Waals surface area contributed by atoms with Gasteiger partial charge >= 0.3 is 5.97 Å². The second-order valence-corrected chi connectivity index (χ2v) is 8.46. The Morgan fingerprint density at radius 1 is 0.886 bits per heavy atom. The fourth-order valence-electron chi connectivity index (χ4n) is 3.96. The van der Waals surface area contributed by atoms with Crippen molar-refractivity contribution in [3.8, 4) is 17.1 Å². The number of amides is 2. The molecule has 0 atom stereocenters. The Morgan fingerprint density at radius 3 is 2.26 bits per heavy atom. The maximum Gasteiger partial charge on any atom is 0.311 e. The average Bonchev–Trinajstić information content (AvgIpc) is 3.10. The summed E-state index contributed by atoms with van der Waals surface area (Å²) in [7, 11) is 0. The lowest BCUT2D eigenvalue weighted by molar-refractivity contribution is -0.134. The van der Waals surface area contributed by atoms with Gasteiger partial charge in [0.05, 0.1) is 16.5 Å². The van der Waals surface area contributed by atoms with E-state index >= 15 is 0 Å². The van der Waals surface area contributed by atoms with Crippen molar-refractivity contribution in [1.82, 2.24) is 4.90 Å². The molecule has 174 valence electrons. The summed E-state index contributed by atoms with van der Waals surface area (Å²) in [4.78, 5) is 50.9. The predicted molar refractivity (Wildman–Crippen MR) is 130 cm³/mol. The van der Waals surface area contributed by atoms with E-state index in [-0.39, 0.29) is 47.8 Å². The van der Waals surface area contributed by atoms with E-state index in [4.69, 9.17) is 20.8 Å². The molecule has 1 aromatic heterocycles. The highest BCUT2D eigenvalue weighted by atomic mass is 35.5. The molecule has 5 rings (SSSR count). The van der Waals surface area contributed by atoms with E-state index in [2.05, 4.69) is 0 Å². The molecule has 35 heavy (non-hydrogen) atoms. The molecule has 3 aromatic carbocycles. The number of esters is 1. The van der Waals surface area contributed by atoms with Gasteiger partial charge in [-0.1, -0.05) is 23.7 Å². The van der Waals surface area contributed by atoms with Crippen molar-refractivity contribution in [3.63, 3.8) is 0 Å². The highest BCUT2D eigenvalue weighted by Crippen LogP contribution is 2.26. The third kappa shape index (κ3) is 4.46. The molecule has 4 aromatic rings. The van der Waals surface area contributed by atoms with Crippen LogP contribution in [0.5, 0.6) is 5.75 Å². The van der Waals surface area contributed by atoms with Crippen LogP contribution >= 0.6 is 11.6 Å². The third-order valence-electron chi connectivity index (χ3n) is 5.70. The number of hydrogen-bond donors (Lipinski definition) is 0. The number of carbonyl (C=O) groups excluding carboxylic acids is 3. The van der Waals surface area contributed by atoms with Gasteiger partial charge in [0.15, 0.2) is 5.43 Å². The number of benzene rings is 3. The molecule has 1 aliphatic heterocycles. The van der Waals surface area contributed by atoms with Crippen LogP contribution in [-0.4, -0.2) is 29.2 Å². The highest BCUT2D eigenvalue weighted by Gasteiger charge is 2.34. The van der Waals surface area contributed by atoms with E-state index in [1.54, 1.807) is 60.7 Å². The summed E-state index contributed by atoms with van der Waals surface area (Å²) in [5.74, 6) is -0.661. The smallest absolute Gasteiger partial charge is 0.311 e. The molecule has 0 aliphatic carbocycles. The van der Waals surface area contributed by atoms with Crippen LogP contribution in [0.25, 0.3) is 22.3 Å². The number of carbonyl (C=O) groups is 3. The van der Waals surface area contributed by atoms with E-state index in [0.29, 0.717) is 33.1 Å². The van der Waals surface area contributed by atoms with Crippen molar-refractivity contribution in [1.29, 1.82) is 0 Å². The number of fused-ring (bicyclic) bond motifs is 2. The molecule has 0 saturated heterocycles. The third-order valence-corrected chi connectivity index (χ3v) is 5.95. The summed E-state index contributed by atoms with van der Waals surface area (Å²) < 4.78 is 11.2. The molecular weight excluding hydrogens is 470 g/mol. The fraction of sp³-hybridized carbons (Fsp3) is 0.111. The highest BCUT2D eigenvalue weighted by molar-refractivity contribution is 6.30. The normalized spacial score (nSPS) is 12.8. The molecule has 0 spiro atoms. The molecule has 2 heterocycles. The zero-order valence-corrected chi connectivity index (χ0v) is 19.1. The van der Waals surface area contributed by atoms with E-state index in [1.165, 1.54) is 12.1 Å². The van der Waals surface area contributed by atoms with Crippen LogP contribution in [0.1, 0.15) is 33.6 Å². The number of hydrogen-bond acceptors (Lipinski definition) is 6. The van der Waals surface area contributed by atoms with E-state index < -0.39 is 5.97 Å². The van der Waals surface area contributed by atoms with Crippen molar-refractivity contribution >= 4 is 40.4 Å². The average molecular weight is 488 g/mol. The zero-order chi connectivity index (χ0) is 24.5. The number of imide groups is 1. The number of nitrogens with zero attached hydrogens (tertiary/aromatic N) is 1. The minimum atomic E-state index is -0.539. The Hall–Kier alpha value is -4.23. The molecule has 1 aliphatic rings. The molecule has 0 N–H and O–H groups in total. The minimum absolute atomic E-state index is 0.00441. The monoisotopic (exact) mass is 487 g/mol.